The molecule has 0 heterocycles. The summed E-state index contributed by atoms with van der Waals surface area (Å²) < 4.78 is 17.8. The molecule has 3 aromatic rings. The van der Waals surface area contributed by atoms with E-state index in [9.17, 15) is 0 Å². The van der Waals surface area contributed by atoms with E-state index in [1.54, 1.807) is 0 Å². The topological polar surface area (TPSA) is 27.7 Å². The fraction of sp³-hybridized carbons (Fsp3) is 0. The molecule has 0 N–H and O–H groups in total. The molecule has 23 heavy (non-hydrogen) atoms. The zero-order valence-corrected chi connectivity index (χ0v) is 15.5. The van der Waals surface area contributed by atoms with Crippen molar-refractivity contribution in [1.82, 2.24) is 0 Å². The monoisotopic (exact) mass is 404 g/mol. The van der Waals surface area contributed by atoms with Crippen LogP contribution in [0.1, 0.15) is 0 Å². The predicted octanol–water partition coefficient (Wildman–Crippen LogP) is 5.28. The van der Waals surface area contributed by atoms with Crippen LogP contribution in [0.15, 0.2) is 91.0 Å². The van der Waals surface area contributed by atoms with Gasteiger partial charge < -0.3 is 0 Å². The van der Waals surface area contributed by atoms with E-state index in [1.165, 1.54) is 0 Å². The maximum absolute atomic E-state index is 6.69. The Morgan fingerprint density at radius 3 is 1.00 bits per heavy atom. The summed E-state index contributed by atoms with van der Waals surface area (Å²) in [6.45, 7) is 0. The molecule has 0 saturated carbocycles. The van der Waals surface area contributed by atoms with Gasteiger partial charge in [0.05, 0.1) is 0 Å². The van der Waals surface area contributed by atoms with E-state index in [0.29, 0.717) is 17.2 Å². The predicted molar refractivity (Wildman–Crippen MR) is 87.1 cm³/mol. The van der Waals surface area contributed by atoms with Gasteiger partial charge in [-0.25, -0.2) is 0 Å². The van der Waals surface area contributed by atoms with Crippen molar-refractivity contribution in [1.29, 1.82) is 0 Å². The van der Waals surface area contributed by atoms with Gasteiger partial charge in [-0.15, -0.1) is 0 Å². The Morgan fingerprint density at radius 1 is 0.478 bits per heavy atom. The Hall–Kier alpha value is -1.77. The number of hydrogen-bond donors (Lipinski definition) is 0. The molecule has 0 fully saturated rings. The van der Waals surface area contributed by atoms with Crippen molar-refractivity contribution >= 4 is 8.51 Å². The van der Waals surface area contributed by atoms with Crippen molar-refractivity contribution in [2.24, 2.45) is 0 Å². The van der Waals surface area contributed by atoms with Crippen molar-refractivity contribution < 1.29 is 28.8 Å². The third kappa shape index (κ3) is 4.85. The molecule has 0 bridgehead atoms. The zero-order chi connectivity index (χ0) is 16.0. The van der Waals surface area contributed by atoms with Crippen LogP contribution in [0.4, 0.5) is 0 Å². The second-order valence-corrected chi connectivity index (χ2v) is 11.3. The van der Waals surface area contributed by atoms with Gasteiger partial charge in [-0.3, -0.25) is 0 Å². The minimum absolute atomic E-state index is 0.630. The van der Waals surface area contributed by atoms with Crippen molar-refractivity contribution in [2.75, 3.05) is 0 Å². The molecule has 0 unspecified atom stereocenters. The number of halogens is 1. The van der Waals surface area contributed by atoms with Gasteiger partial charge in [0.2, 0.25) is 0 Å². The number of para-hydroxylation sites is 3. The zero-order valence-electron chi connectivity index (χ0n) is 12.3. The summed E-state index contributed by atoms with van der Waals surface area (Å²) in [6.07, 6.45) is 0. The van der Waals surface area contributed by atoms with Gasteiger partial charge in [-0.1, -0.05) is 0 Å². The van der Waals surface area contributed by atoms with Gasteiger partial charge in [-0.05, 0) is 0 Å². The van der Waals surface area contributed by atoms with E-state index in [-0.39, 0.29) is 0 Å². The summed E-state index contributed by atoms with van der Waals surface area (Å²) in [7, 11) is 6.69. The molecular formula is C18H15ClO3Zr. The van der Waals surface area contributed by atoms with E-state index in [4.69, 9.17) is 17.0 Å². The summed E-state index contributed by atoms with van der Waals surface area (Å²) in [5.41, 5.74) is 0. The van der Waals surface area contributed by atoms with Gasteiger partial charge in [0, 0.05) is 0 Å². The Bertz CT molecular complexity index is 622. The van der Waals surface area contributed by atoms with Crippen LogP contribution in [0, 0.1) is 0 Å². The van der Waals surface area contributed by atoms with E-state index >= 15 is 0 Å². The Balaban J connectivity index is 1.85. The maximum atomic E-state index is 6.69. The first kappa shape index (κ1) is 16.1. The van der Waals surface area contributed by atoms with Gasteiger partial charge in [0.15, 0.2) is 0 Å². The first-order valence-corrected chi connectivity index (χ1v) is 13.3. The fourth-order valence-corrected chi connectivity index (χ4v) is 6.92. The van der Waals surface area contributed by atoms with Crippen molar-refractivity contribution in [3.05, 3.63) is 91.0 Å². The molecule has 0 aliphatic heterocycles. The molecule has 0 aliphatic carbocycles. The average molecular weight is 406 g/mol. The Kier molecular flexibility index (Phi) is 5.37. The van der Waals surface area contributed by atoms with Crippen LogP contribution in [0.2, 0.25) is 0 Å². The van der Waals surface area contributed by atoms with Crippen LogP contribution in [-0.4, -0.2) is 0 Å². The molecular weight excluding hydrogens is 391 g/mol. The fourth-order valence-electron chi connectivity index (χ4n) is 1.95. The summed E-state index contributed by atoms with van der Waals surface area (Å²) in [4.78, 5) is 0. The van der Waals surface area contributed by atoms with Crippen molar-refractivity contribution in [2.45, 2.75) is 0 Å². The van der Waals surface area contributed by atoms with Crippen molar-refractivity contribution in [3.63, 3.8) is 0 Å². The van der Waals surface area contributed by atoms with Crippen LogP contribution in [0.25, 0.3) is 0 Å². The van der Waals surface area contributed by atoms with E-state index in [2.05, 4.69) is 0 Å². The van der Waals surface area contributed by atoms with Crippen LogP contribution in [-0.2, 0) is 20.4 Å². The molecule has 5 heteroatoms. The summed E-state index contributed by atoms with van der Waals surface area (Å²) in [5, 5.41) is 0. The first-order valence-electron chi connectivity index (χ1n) is 7.15. The summed E-state index contributed by atoms with van der Waals surface area (Å²) >= 11 is -4.36. The number of rotatable bonds is 6. The third-order valence-corrected chi connectivity index (χ3v) is 7.85. The molecule has 3 nitrogen and oxygen atoms in total. The number of hydrogen-bond acceptors (Lipinski definition) is 3. The molecule has 116 valence electrons. The normalized spacial score (nSPS) is 10.8. The molecule has 3 rings (SSSR count). The first-order chi connectivity index (χ1) is 11.2. The SMILES string of the molecule is [Cl][Zr]([O]c1ccccc1)([O]c1ccccc1)[O]c1ccccc1. The van der Waals surface area contributed by atoms with E-state index < -0.39 is 20.4 Å². The second-order valence-electron chi connectivity index (χ2n) is 4.73. The van der Waals surface area contributed by atoms with Crippen LogP contribution in [0.5, 0.6) is 17.2 Å². The van der Waals surface area contributed by atoms with Crippen LogP contribution < -0.4 is 8.44 Å². The van der Waals surface area contributed by atoms with Crippen molar-refractivity contribution in [3.8, 4) is 17.2 Å². The quantitative estimate of drug-likeness (QED) is 0.558. The van der Waals surface area contributed by atoms with E-state index in [0.717, 1.165) is 0 Å². The van der Waals surface area contributed by atoms with Gasteiger partial charge in [0.1, 0.15) is 0 Å². The molecule has 0 amide bonds. The third-order valence-electron chi connectivity index (χ3n) is 2.95. The molecule has 0 radical (unpaired) electrons. The van der Waals surface area contributed by atoms with Gasteiger partial charge in [0.25, 0.3) is 0 Å². The second kappa shape index (κ2) is 7.67. The molecule has 0 aliphatic rings. The van der Waals surface area contributed by atoms with Gasteiger partial charge >= 0.3 is 146 Å². The van der Waals surface area contributed by atoms with Crippen LogP contribution in [0.3, 0.4) is 0 Å². The van der Waals surface area contributed by atoms with E-state index in [1.807, 2.05) is 91.0 Å². The average Bonchev–Trinajstić information content (AvgIpc) is 2.57. The standard InChI is InChI=1S/3C6H6O.ClH.Zr/c3*7-6-4-2-1-3-5-6;;/h3*1-5,7H;1H;/q;;;;+4/p-4. The minimum atomic E-state index is -4.36. The molecule has 3 aromatic carbocycles. The summed E-state index contributed by atoms with van der Waals surface area (Å²) in [6, 6.07) is 28.0. The Labute approximate surface area is 145 Å². The molecule has 0 spiro atoms. The molecule has 0 atom stereocenters. The van der Waals surface area contributed by atoms with Gasteiger partial charge in [-0.2, -0.15) is 0 Å². The Morgan fingerprint density at radius 2 is 0.739 bits per heavy atom. The molecule has 0 saturated heterocycles. The van der Waals surface area contributed by atoms with Crippen LogP contribution >= 0.6 is 8.51 Å². The number of benzene rings is 3. The summed E-state index contributed by atoms with van der Waals surface area (Å²) in [5.74, 6) is 1.89. The molecule has 0 aromatic heterocycles.